The predicted octanol–water partition coefficient (Wildman–Crippen LogP) is 4.10. The van der Waals surface area contributed by atoms with Crippen LogP contribution in [0.4, 0.5) is 10.5 Å². The number of ether oxygens (including phenoxy) is 2. The molecule has 0 radical (unpaired) electrons. The molecule has 3 aromatic rings. The second-order valence-corrected chi connectivity index (χ2v) is 7.16. The highest BCUT2D eigenvalue weighted by molar-refractivity contribution is 5.80. The fourth-order valence-electron chi connectivity index (χ4n) is 2.97. The molecule has 0 aliphatic carbocycles. The summed E-state index contributed by atoms with van der Waals surface area (Å²) in [5.41, 5.74) is 2.27. The van der Waals surface area contributed by atoms with Crippen molar-refractivity contribution in [2.24, 2.45) is 0 Å². The Balaban J connectivity index is 1.47. The van der Waals surface area contributed by atoms with E-state index < -0.39 is 23.0 Å². The second kappa shape index (κ2) is 11.3. The van der Waals surface area contributed by atoms with Gasteiger partial charge in [0, 0.05) is 12.5 Å². The Kier molecular flexibility index (Phi) is 7.96. The van der Waals surface area contributed by atoms with Crippen molar-refractivity contribution >= 4 is 17.7 Å². The van der Waals surface area contributed by atoms with Crippen LogP contribution < -0.4 is 10.1 Å². The number of nitro benzene ring substituents is 1. The lowest BCUT2D eigenvalue weighted by Gasteiger charge is -2.15. The third kappa shape index (κ3) is 7.35. The number of carbonyl (C=O) groups is 2. The minimum atomic E-state index is -1.15. The molecule has 170 valence electrons. The Bertz CT molecular complexity index is 1100. The van der Waals surface area contributed by atoms with Gasteiger partial charge in [0.15, 0.2) is 0 Å². The van der Waals surface area contributed by atoms with E-state index in [9.17, 15) is 24.8 Å². The zero-order chi connectivity index (χ0) is 23.6. The third-order valence-electron chi connectivity index (χ3n) is 4.70. The predicted molar refractivity (Wildman–Crippen MR) is 119 cm³/mol. The molecule has 0 heterocycles. The van der Waals surface area contributed by atoms with E-state index in [-0.39, 0.29) is 25.3 Å². The van der Waals surface area contributed by atoms with Gasteiger partial charge in [0.05, 0.1) is 11.0 Å². The van der Waals surface area contributed by atoms with E-state index in [0.29, 0.717) is 11.3 Å². The molecule has 0 aliphatic heterocycles. The summed E-state index contributed by atoms with van der Waals surface area (Å²) in [7, 11) is 0. The molecule has 3 aromatic carbocycles. The van der Waals surface area contributed by atoms with E-state index in [0.717, 1.165) is 11.1 Å². The van der Waals surface area contributed by atoms with E-state index in [1.54, 1.807) is 60.7 Å². The number of carboxylic acid groups (broad SMARTS) is 1. The number of hydrogen-bond donors (Lipinski definition) is 2. The van der Waals surface area contributed by atoms with Crippen molar-refractivity contribution in [2.75, 3.05) is 0 Å². The molecule has 0 saturated heterocycles. The number of non-ortho nitro benzene ring substituents is 1. The van der Waals surface area contributed by atoms with E-state index in [2.05, 4.69) is 5.32 Å². The van der Waals surface area contributed by atoms with Crippen LogP contribution >= 0.6 is 0 Å². The summed E-state index contributed by atoms with van der Waals surface area (Å²) in [4.78, 5) is 33.9. The molecule has 0 spiro atoms. The van der Waals surface area contributed by atoms with Gasteiger partial charge in [-0.05, 0) is 22.8 Å². The number of nitrogens with zero attached hydrogens (tertiary/aromatic N) is 1. The molecule has 2 N–H and O–H groups in total. The Labute approximate surface area is 189 Å². The minimum Gasteiger partial charge on any atom is -0.489 e. The molecule has 1 amide bonds. The van der Waals surface area contributed by atoms with Gasteiger partial charge in [-0.2, -0.15) is 0 Å². The van der Waals surface area contributed by atoms with E-state index in [1.807, 2.05) is 6.07 Å². The Morgan fingerprint density at radius 2 is 1.58 bits per heavy atom. The maximum atomic E-state index is 12.1. The molecule has 1 atom stereocenters. The average Bonchev–Trinajstić information content (AvgIpc) is 2.82. The van der Waals surface area contributed by atoms with Crippen LogP contribution in [-0.4, -0.2) is 28.1 Å². The first kappa shape index (κ1) is 23.3. The molecular formula is C24H22N2O7. The lowest BCUT2D eigenvalue weighted by molar-refractivity contribution is -0.384. The summed E-state index contributed by atoms with van der Waals surface area (Å²) in [6.45, 7) is 0.179. The van der Waals surface area contributed by atoms with Gasteiger partial charge in [0.2, 0.25) is 0 Å². The van der Waals surface area contributed by atoms with Gasteiger partial charge in [0.25, 0.3) is 5.69 Å². The Hall–Kier alpha value is -4.40. The zero-order valence-corrected chi connectivity index (χ0v) is 17.5. The molecule has 0 fully saturated rings. The summed E-state index contributed by atoms with van der Waals surface area (Å²) in [6.07, 6.45) is -0.679. The number of carboxylic acids is 1. The number of hydrogen-bond acceptors (Lipinski definition) is 6. The van der Waals surface area contributed by atoms with Crippen LogP contribution in [0.3, 0.4) is 0 Å². The fraction of sp³-hybridized carbons (Fsp3) is 0.167. The van der Waals surface area contributed by atoms with Gasteiger partial charge in [0.1, 0.15) is 25.0 Å². The van der Waals surface area contributed by atoms with Crippen molar-refractivity contribution in [2.45, 2.75) is 25.7 Å². The van der Waals surface area contributed by atoms with Gasteiger partial charge in [-0.3, -0.25) is 10.1 Å². The van der Waals surface area contributed by atoms with Crippen LogP contribution in [0.1, 0.15) is 16.7 Å². The van der Waals surface area contributed by atoms with Crippen molar-refractivity contribution in [3.05, 3.63) is 106 Å². The maximum Gasteiger partial charge on any atom is 0.408 e. The van der Waals surface area contributed by atoms with E-state index in [4.69, 9.17) is 9.47 Å². The molecule has 0 saturated carbocycles. The first-order chi connectivity index (χ1) is 15.9. The van der Waals surface area contributed by atoms with Crippen LogP contribution in [0, 0.1) is 10.1 Å². The van der Waals surface area contributed by atoms with E-state index >= 15 is 0 Å². The molecule has 1 unspecified atom stereocenters. The summed E-state index contributed by atoms with van der Waals surface area (Å²) >= 11 is 0. The molecule has 9 heteroatoms. The van der Waals surface area contributed by atoms with Gasteiger partial charge >= 0.3 is 12.1 Å². The molecule has 3 rings (SSSR count). The van der Waals surface area contributed by atoms with Crippen LogP contribution in [0.15, 0.2) is 78.9 Å². The summed E-state index contributed by atoms with van der Waals surface area (Å²) in [5, 5.41) is 22.6. The highest BCUT2D eigenvalue weighted by atomic mass is 16.6. The number of benzene rings is 3. The lowest BCUT2D eigenvalue weighted by Crippen LogP contribution is -2.42. The first-order valence-corrected chi connectivity index (χ1v) is 10.1. The molecule has 0 bridgehead atoms. The topological polar surface area (TPSA) is 128 Å². The van der Waals surface area contributed by atoms with E-state index in [1.165, 1.54) is 12.1 Å². The number of carbonyl (C=O) groups excluding carboxylic acids is 1. The third-order valence-corrected chi connectivity index (χ3v) is 4.70. The number of aliphatic carboxylic acids is 1. The van der Waals surface area contributed by atoms with Crippen LogP contribution in [0.5, 0.6) is 5.75 Å². The van der Waals surface area contributed by atoms with Crippen molar-refractivity contribution in [3.63, 3.8) is 0 Å². The SMILES string of the molecule is O=C(NC(Cc1ccccc1)C(=O)O)OCc1ccc(COc2cccc([N+](=O)[O-])c2)cc1. The van der Waals surface area contributed by atoms with Gasteiger partial charge < -0.3 is 19.9 Å². The maximum absolute atomic E-state index is 12.1. The molecule has 0 aromatic heterocycles. The summed E-state index contributed by atoms with van der Waals surface area (Å²) in [5.74, 6) is -0.763. The highest BCUT2D eigenvalue weighted by Crippen LogP contribution is 2.20. The Morgan fingerprint density at radius 1 is 0.909 bits per heavy atom. The highest BCUT2D eigenvalue weighted by Gasteiger charge is 2.21. The van der Waals surface area contributed by atoms with Gasteiger partial charge in [-0.25, -0.2) is 9.59 Å². The average molecular weight is 450 g/mol. The van der Waals surface area contributed by atoms with Crippen LogP contribution in [-0.2, 0) is 29.2 Å². The molecular weight excluding hydrogens is 428 g/mol. The summed E-state index contributed by atoms with van der Waals surface area (Å²) in [6, 6.07) is 20.9. The smallest absolute Gasteiger partial charge is 0.408 e. The first-order valence-electron chi connectivity index (χ1n) is 10.1. The normalized spacial score (nSPS) is 11.3. The van der Waals surface area contributed by atoms with Crippen LogP contribution in [0.2, 0.25) is 0 Å². The quantitative estimate of drug-likeness (QED) is 0.352. The van der Waals surface area contributed by atoms with Crippen LogP contribution in [0.25, 0.3) is 0 Å². The van der Waals surface area contributed by atoms with Gasteiger partial charge in [-0.1, -0.05) is 60.7 Å². The van der Waals surface area contributed by atoms with Crippen molar-refractivity contribution < 1.29 is 29.1 Å². The van der Waals surface area contributed by atoms with Crippen molar-refractivity contribution in [3.8, 4) is 5.75 Å². The number of nitro groups is 1. The molecule has 9 nitrogen and oxygen atoms in total. The molecule has 33 heavy (non-hydrogen) atoms. The van der Waals surface area contributed by atoms with Crippen molar-refractivity contribution in [1.29, 1.82) is 0 Å². The monoisotopic (exact) mass is 450 g/mol. The largest absolute Gasteiger partial charge is 0.489 e. The minimum absolute atomic E-state index is 0.0322. The number of alkyl carbamates (subject to hydrolysis) is 1. The fourth-order valence-corrected chi connectivity index (χ4v) is 2.97. The Morgan fingerprint density at radius 3 is 2.21 bits per heavy atom. The summed E-state index contributed by atoms with van der Waals surface area (Å²) < 4.78 is 10.7. The number of nitrogens with one attached hydrogen (secondary N) is 1. The second-order valence-electron chi connectivity index (χ2n) is 7.16. The molecule has 0 aliphatic rings. The van der Waals surface area contributed by atoms with Gasteiger partial charge in [-0.15, -0.1) is 0 Å². The zero-order valence-electron chi connectivity index (χ0n) is 17.5. The van der Waals surface area contributed by atoms with Crippen molar-refractivity contribution in [1.82, 2.24) is 5.32 Å². The number of rotatable bonds is 10. The lowest BCUT2D eigenvalue weighted by atomic mass is 10.1. The standard InChI is InChI=1S/C24H22N2O7/c27-23(28)22(13-17-5-2-1-3-6-17)25-24(29)33-16-19-11-9-18(10-12-19)15-32-21-8-4-7-20(14-21)26(30)31/h1-12,14,22H,13,15-16H2,(H,25,29)(H,27,28). The number of amides is 1.